The number of halogens is 2. The first-order valence-corrected chi connectivity index (χ1v) is 8.74. The molecular formula is C11H16Cl2N2O2S. The second-order valence-corrected chi connectivity index (χ2v) is 7.46. The minimum atomic E-state index is -2.94. The lowest BCUT2D eigenvalue weighted by molar-refractivity contribution is 0.495. The zero-order valence-corrected chi connectivity index (χ0v) is 12.5. The number of aryl methyl sites for hydroxylation is 1. The first-order valence-electron chi connectivity index (χ1n) is 6.00. The lowest BCUT2D eigenvalue weighted by Gasteiger charge is -2.09. The van der Waals surface area contributed by atoms with Gasteiger partial charge in [-0.05, 0) is 12.8 Å². The Hall–Kier alpha value is -0.260. The molecule has 2 heterocycles. The molecule has 1 atom stereocenters. The van der Waals surface area contributed by atoms with Gasteiger partial charge in [-0.25, -0.2) is 13.1 Å². The van der Waals surface area contributed by atoms with Crippen LogP contribution in [0.25, 0.3) is 0 Å². The van der Waals surface area contributed by atoms with Crippen molar-refractivity contribution in [3.63, 3.8) is 0 Å². The lowest BCUT2D eigenvalue weighted by Crippen LogP contribution is -2.12. The highest BCUT2D eigenvalue weighted by Crippen LogP contribution is 2.31. The zero-order valence-electron chi connectivity index (χ0n) is 10.2. The minimum absolute atomic E-state index is 0.127. The van der Waals surface area contributed by atoms with Crippen molar-refractivity contribution in [2.45, 2.75) is 38.1 Å². The van der Waals surface area contributed by atoms with Crippen LogP contribution in [0.2, 0.25) is 5.15 Å². The van der Waals surface area contributed by atoms with E-state index < -0.39 is 9.84 Å². The molecule has 4 nitrogen and oxygen atoms in total. The summed E-state index contributed by atoms with van der Waals surface area (Å²) in [7, 11) is -2.94. The zero-order chi connectivity index (χ0) is 13.3. The summed E-state index contributed by atoms with van der Waals surface area (Å²) in [6, 6.07) is -0.143. The van der Waals surface area contributed by atoms with Gasteiger partial charge < -0.3 is 0 Å². The van der Waals surface area contributed by atoms with Crippen LogP contribution in [0.15, 0.2) is 0 Å². The number of hydrogen-bond acceptors (Lipinski definition) is 3. The van der Waals surface area contributed by atoms with E-state index in [-0.39, 0.29) is 17.5 Å². The van der Waals surface area contributed by atoms with Gasteiger partial charge in [-0.15, -0.1) is 11.6 Å². The van der Waals surface area contributed by atoms with Gasteiger partial charge in [0.2, 0.25) is 0 Å². The Morgan fingerprint density at radius 3 is 2.72 bits per heavy atom. The number of sulfone groups is 1. The van der Waals surface area contributed by atoms with Crippen LogP contribution in [-0.4, -0.2) is 29.7 Å². The van der Waals surface area contributed by atoms with E-state index in [1.165, 1.54) is 0 Å². The first kappa shape index (κ1) is 14.2. The highest BCUT2D eigenvalue weighted by Gasteiger charge is 2.32. The van der Waals surface area contributed by atoms with Crippen molar-refractivity contribution in [1.82, 2.24) is 9.78 Å². The van der Waals surface area contributed by atoms with Gasteiger partial charge in [0.15, 0.2) is 9.84 Å². The molecule has 1 aromatic rings. The maximum Gasteiger partial charge on any atom is 0.152 e. The molecule has 1 unspecified atom stereocenters. The van der Waals surface area contributed by atoms with Gasteiger partial charge >= 0.3 is 0 Å². The fourth-order valence-electron chi connectivity index (χ4n) is 2.27. The predicted octanol–water partition coefficient (Wildman–Crippen LogP) is 2.59. The summed E-state index contributed by atoms with van der Waals surface area (Å²) in [4.78, 5) is 0. The van der Waals surface area contributed by atoms with Crippen LogP contribution in [-0.2, 0) is 22.1 Å². The molecular weight excluding hydrogens is 295 g/mol. The second kappa shape index (κ2) is 5.39. The van der Waals surface area contributed by atoms with Gasteiger partial charge in [-0.1, -0.05) is 24.9 Å². The van der Waals surface area contributed by atoms with Crippen LogP contribution in [0.4, 0.5) is 0 Å². The van der Waals surface area contributed by atoms with Crippen LogP contribution < -0.4 is 0 Å². The van der Waals surface area contributed by atoms with Crippen molar-refractivity contribution in [2.75, 3.05) is 11.5 Å². The number of aromatic nitrogens is 2. The van der Waals surface area contributed by atoms with Gasteiger partial charge in [-0.3, -0.25) is 0 Å². The highest BCUT2D eigenvalue weighted by molar-refractivity contribution is 7.91. The summed E-state index contributed by atoms with van der Waals surface area (Å²) in [5.74, 6) is 0.655. The predicted molar refractivity (Wildman–Crippen MR) is 73.1 cm³/mol. The molecule has 1 fully saturated rings. The van der Waals surface area contributed by atoms with E-state index in [1.807, 2.05) is 0 Å². The van der Waals surface area contributed by atoms with Crippen molar-refractivity contribution in [1.29, 1.82) is 0 Å². The van der Waals surface area contributed by atoms with Gasteiger partial charge in [-0.2, -0.15) is 5.10 Å². The van der Waals surface area contributed by atoms with E-state index in [0.717, 1.165) is 24.1 Å². The summed E-state index contributed by atoms with van der Waals surface area (Å²) in [5, 5.41) is 4.95. The maximum atomic E-state index is 11.5. The Balaban J connectivity index is 2.34. The summed E-state index contributed by atoms with van der Waals surface area (Å²) in [6.45, 7) is 2.06. The molecule has 1 saturated heterocycles. The molecule has 0 bridgehead atoms. The van der Waals surface area contributed by atoms with Crippen LogP contribution >= 0.6 is 23.2 Å². The van der Waals surface area contributed by atoms with Crippen molar-refractivity contribution in [3.8, 4) is 0 Å². The molecule has 2 rings (SSSR count). The average molecular weight is 311 g/mol. The molecule has 102 valence electrons. The number of rotatable bonds is 4. The molecule has 1 aliphatic heterocycles. The second-order valence-electron chi connectivity index (χ2n) is 4.60. The largest absolute Gasteiger partial charge is 0.249 e. The Morgan fingerprint density at radius 2 is 2.22 bits per heavy atom. The first-order chi connectivity index (χ1) is 8.48. The van der Waals surface area contributed by atoms with Crippen molar-refractivity contribution in [2.24, 2.45) is 0 Å². The minimum Gasteiger partial charge on any atom is -0.249 e. The normalized spacial score (nSPS) is 22.5. The fraction of sp³-hybridized carbons (Fsp3) is 0.727. The molecule has 7 heteroatoms. The third-order valence-corrected chi connectivity index (χ3v) is 5.62. The van der Waals surface area contributed by atoms with E-state index >= 15 is 0 Å². The standard InChI is InChI=1S/C11H16Cl2N2O2S/c1-2-3-10-9(6-12)11(13)15(14-10)8-4-5-18(16,17)7-8/h8H,2-7H2,1H3. The molecule has 0 N–H and O–H groups in total. The van der Waals surface area contributed by atoms with Crippen LogP contribution in [0.1, 0.15) is 37.1 Å². The van der Waals surface area contributed by atoms with E-state index in [9.17, 15) is 8.42 Å². The van der Waals surface area contributed by atoms with E-state index in [2.05, 4.69) is 12.0 Å². The molecule has 0 amide bonds. The number of nitrogens with zero attached hydrogens (tertiary/aromatic N) is 2. The Bertz CT molecular complexity index is 539. The summed E-state index contributed by atoms with van der Waals surface area (Å²) >= 11 is 12.2. The number of alkyl halides is 1. The molecule has 0 spiro atoms. The third kappa shape index (κ3) is 2.68. The van der Waals surface area contributed by atoms with Gasteiger partial charge in [0.25, 0.3) is 0 Å². The maximum absolute atomic E-state index is 11.5. The van der Waals surface area contributed by atoms with E-state index in [1.54, 1.807) is 4.68 Å². The fourth-order valence-corrected chi connectivity index (χ4v) is 4.66. The number of hydrogen-bond donors (Lipinski definition) is 0. The Kier molecular flexibility index (Phi) is 4.24. The molecule has 1 aromatic heterocycles. The SMILES string of the molecule is CCCc1nn(C2CCS(=O)(=O)C2)c(Cl)c1CCl. The molecule has 0 aromatic carbocycles. The molecule has 0 radical (unpaired) electrons. The Labute approximate surface area is 117 Å². The van der Waals surface area contributed by atoms with E-state index in [4.69, 9.17) is 23.2 Å². The Morgan fingerprint density at radius 1 is 1.50 bits per heavy atom. The van der Waals surface area contributed by atoms with Crippen molar-refractivity contribution in [3.05, 3.63) is 16.4 Å². The van der Waals surface area contributed by atoms with Gasteiger partial charge in [0.05, 0.1) is 29.1 Å². The van der Waals surface area contributed by atoms with Crippen molar-refractivity contribution < 1.29 is 8.42 Å². The lowest BCUT2D eigenvalue weighted by atomic mass is 10.2. The van der Waals surface area contributed by atoms with Crippen LogP contribution in [0, 0.1) is 0 Å². The molecule has 1 aliphatic rings. The van der Waals surface area contributed by atoms with Crippen molar-refractivity contribution >= 4 is 33.0 Å². The highest BCUT2D eigenvalue weighted by atomic mass is 35.5. The molecule has 0 saturated carbocycles. The summed E-state index contributed by atoms with van der Waals surface area (Å²) in [5.41, 5.74) is 1.73. The monoisotopic (exact) mass is 310 g/mol. The summed E-state index contributed by atoms with van der Waals surface area (Å²) < 4.78 is 24.7. The smallest absolute Gasteiger partial charge is 0.152 e. The quantitative estimate of drug-likeness (QED) is 0.803. The molecule has 18 heavy (non-hydrogen) atoms. The van der Waals surface area contributed by atoms with Gasteiger partial charge in [0, 0.05) is 5.56 Å². The average Bonchev–Trinajstić information content (AvgIpc) is 2.80. The summed E-state index contributed by atoms with van der Waals surface area (Å²) in [6.07, 6.45) is 2.35. The van der Waals surface area contributed by atoms with Crippen LogP contribution in [0.5, 0.6) is 0 Å². The molecule has 0 aliphatic carbocycles. The van der Waals surface area contributed by atoms with E-state index in [0.29, 0.717) is 17.5 Å². The topological polar surface area (TPSA) is 52.0 Å². The van der Waals surface area contributed by atoms with Crippen LogP contribution in [0.3, 0.4) is 0 Å². The third-order valence-electron chi connectivity index (χ3n) is 3.20. The van der Waals surface area contributed by atoms with Gasteiger partial charge in [0.1, 0.15) is 5.15 Å².